The highest BCUT2D eigenvalue weighted by atomic mass is 16.5. The minimum Gasteiger partial charge on any atom is -0.497 e. The van der Waals surface area contributed by atoms with E-state index in [1.807, 2.05) is 24.3 Å². The minimum atomic E-state index is -0.597. The highest BCUT2D eigenvalue weighted by Crippen LogP contribution is 2.39. The Bertz CT molecular complexity index is 878. The van der Waals surface area contributed by atoms with E-state index in [-0.39, 0.29) is 5.92 Å². The molecule has 6 heteroatoms. The van der Waals surface area contributed by atoms with Crippen LogP contribution in [0.2, 0.25) is 0 Å². The molecule has 0 heterocycles. The van der Waals surface area contributed by atoms with Crippen LogP contribution in [0, 0.1) is 17.2 Å². The van der Waals surface area contributed by atoms with Crippen LogP contribution in [0.25, 0.3) is 0 Å². The van der Waals surface area contributed by atoms with Gasteiger partial charge < -0.3 is 24.3 Å². The second kappa shape index (κ2) is 13.0. The predicted molar refractivity (Wildman–Crippen MR) is 132 cm³/mol. The second-order valence-electron chi connectivity index (χ2n) is 8.52. The van der Waals surface area contributed by atoms with E-state index in [1.54, 1.807) is 28.4 Å². The number of nitrogens with zero attached hydrogens (tertiary/aromatic N) is 1. The molecule has 0 aliphatic rings. The Hall–Kier alpha value is -2.91. The van der Waals surface area contributed by atoms with Crippen molar-refractivity contribution in [2.24, 2.45) is 5.92 Å². The summed E-state index contributed by atoms with van der Waals surface area (Å²) in [5.41, 5.74) is 1.55. The van der Waals surface area contributed by atoms with Gasteiger partial charge in [-0.3, -0.25) is 0 Å². The highest BCUT2D eigenvalue weighted by Gasteiger charge is 2.36. The zero-order chi connectivity index (χ0) is 24.3. The van der Waals surface area contributed by atoms with E-state index in [1.165, 1.54) is 5.56 Å². The lowest BCUT2D eigenvalue weighted by atomic mass is 9.69. The number of aryl methyl sites for hydroxylation is 1. The largest absolute Gasteiger partial charge is 0.497 e. The molecule has 0 spiro atoms. The van der Waals surface area contributed by atoms with Crippen molar-refractivity contribution in [2.75, 3.05) is 41.5 Å². The first-order valence-corrected chi connectivity index (χ1v) is 11.5. The van der Waals surface area contributed by atoms with E-state index in [0.717, 1.165) is 55.8 Å². The number of benzene rings is 2. The van der Waals surface area contributed by atoms with Crippen molar-refractivity contribution in [2.45, 2.75) is 44.9 Å². The summed E-state index contributed by atoms with van der Waals surface area (Å²) in [7, 11) is 6.60. The van der Waals surface area contributed by atoms with Gasteiger partial charge in [0.15, 0.2) is 0 Å². The van der Waals surface area contributed by atoms with Gasteiger partial charge in [-0.1, -0.05) is 13.8 Å². The zero-order valence-electron chi connectivity index (χ0n) is 20.9. The number of ether oxygens (including phenoxy) is 4. The standard InChI is InChI=1S/C27H38N2O4/c1-20(2)27(19-28,22-15-25(32-5)18-26(16-22)33-6)10-8-12-29-11-7-9-21-13-23(30-3)17-24(14-21)31-4/h13-18,20,29H,7-12H2,1-6H3. The number of nitriles is 1. The lowest BCUT2D eigenvalue weighted by molar-refractivity contribution is 0.348. The van der Waals surface area contributed by atoms with Gasteiger partial charge in [0.2, 0.25) is 0 Å². The second-order valence-corrected chi connectivity index (χ2v) is 8.52. The monoisotopic (exact) mass is 454 g/mol. The summed E-state index contributed by atoms with van der Waals surface area (Å²) in [5.74, 6) is 3.19. The van der Waals surface area contributed by atoms with E-state index < -0.39 is 5.41 Å². The van der Waals surface area contributed by atoms with Crippen LogP contribution >= 0.6 is 0 Å². The lowest BCUT2D eigenvalue weighted by Gasteiger charge is -2.32. The van der Waals surface area contributed by atoms with E-state index >= 15 is 0 Å². The molecule has 2 rings (SSSR count). The summed E-state index contributed by atoms with van der Waals surface area (Å²) < 4.78 is 21.6. The summed E-state index contributed by atoms with van der Waals surface area (Å²) >= 11 is 0. The van der Waals surface area contributed by atoms with E-state index in [4.69, 9.17) is 18.9 Å². The molecule has 0 aliphatic carbocycles. The number of rotatable bonds is 14. The molecule has 0 bridgehead atoms. The quantitative estimate of drug-likeness (QED) is 0.399. The number of methoxy groups -OCH3 is 4. The molecule has 0 saturated carbocycles. The SMILES string of the molecule is COc1cc(CCCNCCCC(C#N)(c2cc(OC)cc(OC)c2)C(C)C)cc(OC)c1. The van der Waals surface area contributed by atoms with Gasteiger partial charge in [0.25, 0.3) is 0 Å². The predicted octanol–water partition coefficient (Wildman–Crippen LogP) is 5.14. The van der Waals surface area contributed by atoms with Crippen molar-refractivity contribution in [3.8, 4) is 29.1 Å². The van der Waals surface area contributed by atoms with Crippen molar-refractivity contribution >= 4 is 0 Å². The van der Waals surface area contributed by atoms with Crippen molar-refractivity contribution in [3.05, 3.63) is 47.5 Å². The Morgan fingerprint density at radius 3 is 1.73 bits per heavy atom. The molecular formula is C27H38N2O4. The van der Waals surface area contributed by atoms with Crippen molar-refractivity contribution in [1.82, 2.24) is 5.32 Å². The fraction of sp³-hybridized carbons (Fsp3) is 0.519. The molecular weight excluding hydrogens is 416 g/mol. The summed E-state index contributed by atoms with van der Waals surface area (Å²) in [5, 5.41) is 13.7. The third-order valence-electron chi connectivity index (χ3n) is 6.21. The van der Waals surface area contributed by atoms with Crippen LogP contribution in [0.5, 0.6) is 23.0 Å². The smallest absolute Gasteiger partial charge is 0.122 e. The van der Waals surface area contributed by atoms with Crippen LogP contribution in [-0.2, 0) is 11.8 Å². The van der Waals surface area contributed by atoms with Gasteiger partial charge >= 0.3 is 0 Å². The molecule has 1 atom stereocenters. The average molecular weight is 455 g/mol. The van der Waals surface area contributed by atoms with Crippen LogP contribution in [-0.4, -0.2) is 41.5 Å². The number of hydrogen-bond acceptors (Lipinski definition) is 6. The fourth-order valence-corrected chi connectivity index (χ4v) is 4.13. The Morgan fingerprint density at radius 1 is 0.788 bits per heavy atom. The zero-order valence-corrected chi connectivity index (χ0v) is 20.9. The maximum absolute atomic E-state index is 10.2. The Kier molecular flexibility index (Phi) is 10.3. The topological polar surface area (TPSA) is 72.7 Å². The van der Waals surface area contributed by atoms with Crippen LogP contribution in [0.4, 0.5) is 0 Å². The van der Waals surface area contributed by atoms with Crippen molar-refractivity contribution < 1.29 is 18.9 Å². The molecule has 0 fully saturated rings. The summed E-state index contributed by atoms with van der Waals surface area (Å²) in [6.07, 6.45) is 3.62. The van der Waals surface area contributed by atoms with Gasteiger partial charge in [-0.25, -0.2) is 0 Å². The molecule has 0 amide bonds. The van der Waals surface area contributed by atoms with Crippen LogP contribution in [0.1, 0.15) is 44.2 Å². The number of hydrogen-bond donors (Lipinski definition) is 1. The fourth-order valence-electron chi connectivity index (χ4n) is 4.13. The molecule has 0 aliphatic heterocycles. The molecule has 6 nitrogen and oxygen atoms in total. The highest BCUT2D eigenvalue weighted by molar-refractivity contribution is 5.45. The normalized spacial score (nSPS) is 12.7. The van der Waals surface area contributed by atoms with Crippen LogP contribution < -0.4 is 24.3 Å². The molecule has 1 N–H and O–H groups in total. The summed E-state index contributed by atoms with van der Waals surface area (Å²) in [4.78, 5) is 0. The average Bonchev–Trinajstić information content (AvgIpc) is 2.84. The van der Waals surface area contributed by atoms with E-state index in [0.29, 0.717) is 11.5 Å². The van der Waals surface area contributed by atoms with Gasteiger partial charge in [0, 0.05) is 12.1 Å². The maximum atomic E-state index is 10.2. The molecule has 180 valence electrons. The first-order valence-electron chi connectivity index (χ1n) is 11.5. The van der Waals surface area contributed by atoms with Crippen molar-refractivity contribution in [3.63, 3.8) is 0 Å². The molecule has 0 radical (unpaired) electrons. The molecule has 0 saturated heterocycles. The summed E-state index contributed by atoms with van der Waals surface area (Å²) in [6, 6.07) is 14.4. The van der Waals surface area contributed by atoms with Gasteiger partial charge in [-0.15, -0.1) is 0 Å². The molecule has 33 heavy (non-hydrogen) atoms. The van der Waals surface area contributed by atoms with E-state index in [9.17, 15) is 5.26 Å². The Labute approximate surface area is 198 Å². The third-order valence-corrected chi connectivity index (χ3v) is 6.21. The first-order chi connectivity index (χ1) is 15.9. The lowest BCUT2D eigenvalue weighted by Crippen LogP contribution is -2.32. The van der Waals surface area contributed by atoms with Crippen molar-refractivity contribution in [1.29, 1.82) is 5.26 Å². The van der Waals surface area contributed by atoms with Gasteiger partial charge in [-0.05, 0) is 80.1 Å². The molecule has 2 aromatic rings. The van der Waals surface area contributed by atoms with Crippen LogP contribution in [0.15, 0.2) is 36.4 Å². The Balaban J connectivity index is 1.91. The summed E-state index contributed by atoms with van der Waals surface area (Å²) in [6.45, 7) is 5.97. The third kappa shape index (κ3) is 7.03. The minimum absolute atomic E-state index is 0.155. The maximum Gasteiger partial charge on any atom is 0.122 e. The first kappa shape index (κ1) is 26.3. The van der Waals surface area contributed by atoms with Gasteiger partial charge in [0.05, 0.1) is 39.9 Å². The Morgan fingerprint density at radius 2 is 1.27 bits per heavy atom. The van der Waals surface area contributed by atoms with E-state index in [2.05, 4.69) is 37.4 Å². The molecule has 1 unspecified atom stereocenters. The van der Waals surface area contributed by atoms with Crippen LogP contribution in [0.3, 0.4) is 0 Å². The molecule has 0 aromatic heterocycles. The van der Waals surface area contributed by atoms with Gasteiger partial charge in [-0.2, -0.15) is 5.26 Å². The molecule has 2 aromatic carbocycles. The van der Waals surface area contributed by atoms with Gasteiger partial charge in [0.1, 0.15) is 23.0 Å². The number of nitrogens with one attached hydrogen (secondary N) is 1.